The highest BCUT2D eigenvalue weighted by Crippen LogP contribution is 2.39. The van der Waals surface area contributed by atoms with Gasteiger partial charge in [-0.3, -0.25) is 4.98 Å². The Hall–Kier alpha value is -3.00. The molecule has 27 heavy (non-hydrogen) atoms. The van der Waals surface area contributed by atoms with E-state index in [0.29, 0.717) is 34.8 Å². The molecule has 0 aliphatic carbocycles. The maximum absolute atomic E-state index is 13.2. The summed E-state index contributed by atoms with van der Waals surface area (Å²) in [4.78, 5) is 12.5. The summed E-state index contributed by atoms with van der Waals surface area (Å²) in [7, 11) is 0. The lowest BCUT2D eigenvalue weighted by atomic mass is 10.2. The number of pyridine rings is 1. The molecule has 4 nitrogen and oxygen atoms in total. The number of nitrogens with one attached hydrogen (secondary N) is 1. The lowest BCUT2D eigenvalue weighted by Gasteiger charge is -2.09. The Balaban J connectivity index is 1.79. The van der Waals surface area contributed by atoms with Crippen LogP contribution >= 0.6 is 11.3 Å². The first kappa shape index (κ1) is 17.4. The molecule has 0 amide bonds. The molecule has 0 fully saturated rings. The first-order valence-electron chi connectivity index (χ1n) is 8.09. The minimum absolute atomic E-state index is 0.272. The largest absolute Gasteiger partial charge is 0.425 e. The number of thiophene rings is 1. The molecule has 0 unspecified atom stereocenters. The molecule has 0 aliphatic rings. The minimum Gasteiger partial charge on any atom is -0.365 e. The van der Waals surface area contributed by atoms with E-state index >= 15 is 0 Å². The van der Waals surface area contributed by atoms with E-state index in [1.54, 1.807) is 24.4 Å². The van der Waals surface area contributed by atoms with Gasteiger partial charge in [-0.05, 0) is 23.8 Å². The first-order chi connectivity index (χ1) is 13.0. The highest BCUT2D eigenvalue weighted by Gasteiger charge is 2.33. The van der Waals surface area contributed by atoms with Crippen molar-refractivity contribution in [3.8, 4) is 11.5 Å². The Morgan fingerprint density at radius 1 is 0.963 bits per heavy atom. The van der Waals surface area contributed by atoms with Crippen LogP contribution in [0.3, 0.4) is 0 Å². The third kappa shape index (κ3) is 3.75. The van der Waals surface area contributed by atoms with Gasteiger partial charge in [-0.2, -0.15) is 13.2 Å². The number of halogens is 3. The Kier molecular flexibility index (Phi) is 4.49. The van der Waals surface area contributed by atoms with Crippen molar-refractivity contribution in [2.24, 2.45) is 0 Å². The minimum atomic E-state index is -4.42. The van der Waals surface area contributed by atoms with Crippen molar-refractivity contribution in [1.82, 2.24) is 15.0 Å². The maximum atomic E-state index is 13.2. The van der Waals surface area contributed by atoms with Gasteiger partial charge in [-0.25, -0.2) is 9.97 Å². The highest BCUT2D eigenvalue weighted by atomic mass is 32.1. The number of anilines is 1. The SMILES string of the molecule is FC(F)(F)c1cc2c(NCc3ccccc3)nc(-c3ccccn3)nc2s1. The van der Waals surface area contributed by atoms with Crippen LogP contribution in [0, 0.1) is 0 Å². The van der Waals surface area contributed by atoms with Crippen LogP contribution in [0.2, 0.25) is 0 Å². The number of benzene rings is 1. The van der Waals surface area contributed by atoms with Crippen molar-refractivity contribution in [2.75, 3.05) is 5.32 Å². The molecule has 3 heterocycles. The fourth-order valence-corrected chi connectivity index (χ4v) is 3.49. The number of aromatic nitrogens is 3. The summed E-state index contributed by atoms with van der Waals surface area (Å²) in [6.45, 7) is 0.436. The van der Waals surface area contributed by atoms with Crippen LogP contribution in [0.15, 0.2) is 60.8 Å². The molecule has 3 aromatic heterocycles. The number of fused-ring (bicyclic) bond motifs is 1. The monoisotopic (exact) mass is 386 g/mol. The fourth-order valence-electron chi connectivity index (χ4n) is 2.59. The fraction of sp³-hybridized carbons (Fsp3) is 0.105. The van der Waals surface area contributed by atoms with E-state index in [4.69, 9.17) is 0 Å². The Morgan fingerprint density at radius 3 is 2.44 bits per heavy atom. The van der Waals surface area contributed by atoms with Crippen LogP contribution in [-0.2, 0) is 12.7 Å². The Labute approximate surface area is 156 Å². The molecule has 0 aliphatic heterocycles. The van der Waals surface area contributed by atoms with Gasteiger partial charge in [0.1, 0.15) is 21.2 Å². The summed E-state index contributed by atoms with van der Waals surface area (Å²) in [5, 5.41) is 3.49. The summed E-state index contributed by atoms with van der Waals surface area (Å²) in [5.74, 6) is 0.644. The maximum Gasteiger partial charge on any atom is 0.425 e. The van der Waals surface area contributed by atoms with Crippen molar-refractivity contribution >= 4 is 27.4 Å². The van der Waals surface area contributed by atoms with Gasteiger partial charge in [0.25, 0.3) is 0 Å². The second kappa shape index (κ2) is 6.96. The zero-order chi connectivity index (χ0) is 18.9. The average Bonchev–Trinajstić information content (AvgIpc) is 3.12. The third-order valence-electron chi connectivity index (χ3n) is 3.87. The molecule has 1 aromatic carbocycles. The van der Waals surface area contributed by atoms with Crippen molar-refractivity contribution in [3.63, 3.8) is 0 Å². The van der Waals surface area contributed by atoms with E-state index in [0.717, 1.165) is 11.6 Å². The molecular formula is C19H13F3N4S. The Morgan fingerprint density at radius 2 is 1.74 bits per heavy atom. The molecule has 0 saturated heterocycles. The number of hydrogen-bond acceptors (Lipinski definition) is 5. The standard InChI is InChI=1S/C19H13F3N4S/c20-19(21,22)15-10-13-16(24-11-12-6-2-1-3-7-12)25-17(26-18(13)27-15)14-8-4-5-9-23-14/h1-10H,11H2,(H,24,25,26). The van der Waals surface area contributed by atoms with E-state index in [-0.39, 0.29) is 10.7 Å². The predicted octanol–water partition coefficient (Wildman–Crippen LogP) is 5.38. The number of hydrogen-bond donors (Lipinski definition) is 1. The smallest absolute Gasteiger partial charge is 0.365 e. The molecule has 0 spiro atoms. The van der Waals surface area contributed by atoms with Gasteiger partial charge in [-0.15, -0.1) is 11.3 Å². The summed E-state index contributed by atoms with van der Waals surface area (Å²) in [6.07, 6.45) is -2.83. The van der Waals surface area contributed by atoms with E-state index < -0.39 is 11.1 Å². The van der Waals surface area contributed by atoms with E-state index in [9.17, 15) is 13.2 Å². The van der Waals surface area contributed by atoms with Crippen LogP contribution < -0.4 is 5.32 Å². The quantitative estimate of drug-likeness (QED) is 0.511. The van der Waals surface area contributed by atoms with Gasteiger partial charge in [0.05, 0.1) is 5.39 Å². The summed E-state index contributed by atoms with van der Waals surface area (Å²) in [5.41, 5.74) is 1.50. The molecule has 136 valence electrons. The second-order valence-electron chi connectivity index (χ2n) is 5.78. The summed E-state index contributed by atoms with van der Waals surface area (Å²) >= 11 is 0.605. The van der Waals surface area contributed by atoms with Crippen molar-refractivity contribution in [2.45, 2.75) is 12.7 Å². The third-order valence-corrected chi connectivity index (χ3v) is 4.94. The lowest BCUT2D eigenvalue weighted by Crippen LogP contribution is -2.04. The van der Waals surface area contributed by atoms with Crippen molar-refractivity contribution < 1.29 is 13.2 Å². The second-order valence-corrected chi connectivity index (χ2v) is 6.81. The van der Waals surface area contributed by atoms with Gasteiger partial charge in [0.15, 0.2) is 5.82 Å². The molecular weight excluding hydrogens is 373 g/mol. The lowest BCUT2D eigenvalue weighted by molar-refractivity contribution is -0.134. The normalized spacial score (nSPS) is 11.7. The number of alkyl halides is 3. The molecule has 0 radical (unpaired) electrons. The molecule has 4 aromatic rings. The van der Waals surface area contributed by atoms with Crippen molar-refractivity contribution in [1.29, 1.82) is 0 Å². The Bertz CT molecular complexity index is 1060. The van der Waals surface area contributed by atoms with Gasteiger partial charge >= 0.3 is 6.18 Å². The zero-order valence-corrected chi connectivity index (χ0v) is 14.7. The van der Waals surface area contributed by atoms with Crippen LogP contribution in [0.1, 0.15) is 10.4 Å². The van der Waals surface area contributed by atoms with Crippen LogP contribution in [0.4, 0.5) is 19.0 Å². The molecule has 0 saturated carbocycles. The van der Waals surface area contributed by atoms with E-state index in [1.165, 1.54) is 0 Å². The van der Waals surface area contributed by atoms with Gasteiger partial charge in [0.2, 0.25) is 0 Å². The van der Waals surface area contributed by atoms with Crippen LogP contribution in [0.5, 0.6) is 0 Å². The van der Waals surface area contributed by atoms with Gasteiger partial charge < -0.3 is 5.32 Å². The topological polar surface area (TPSA) is 50.7 Å². The zero-order valence-electron chi connectivity index (χ0n) is 13.9. The summed E-state index contributed by atoms with van der Waals surface area (Å²) < 4.78 is 39.5. The molecule has 0 atom stereocenters. The number of rotatable bonds is 4. The highest BCUT2D eigenvalue weighted by molar-refractivity contribution is 7.18. The molecule has 0 bridgehead atoms. The van der Waals surface area contributed by atoms with Crippen molar-refractivity contribution in [3.05, 3.63) is 71.2 Å². The predicted molar refractivity (Wildman–Crippen MR) is 99.4 cm³/mol. The average molecular weight is 386 g/mol. The van der Waals surface area contributed by atoms with Crippen LogP contribution in [-0.4, -0.2) is 15.0 Å². The van der Waals surface area contributed by atoms with Gasteiger partial charge in [0, 0.05) is 12.7 Å². The molecule has 4 rings (SSSR count). The van der Waals surface area contributed by atoms with Gasteiger partial charge in [-0.1, -0.05) is 36.4 Å². The molecule has 1 N–H and O–H groups in total. The molecule has 8 heteroatoms. The van der Waals surface area contributed by atoms with E-state index in [1.807, 2.05) is 30.3 Å². The number of nitrogens with zero attached hydrogens (tertiary/aromatic N) is 3. The van der Waals surface area contributed by atoms with E-state index in [2.05, 4.69) is 20.3 Å². The first-order valence-corrected chi connectivity index (χ1v) is 8.90. The summed E-state index contributed by atoms with van der Waals surface area (Å²) in [6, 6.07) is 15.9. The van der Waals surface area contributed by atoms with Crippen LogP contribution in [0.25, 0.3) is 21.7 Å².